The zero-order valence-electron chi connectivity index (χ0n) is 7.06. The number of halogens is 1. The van der Waals surface area contributed by atoms with Crippen molar-refractivity contribution >= 4 is 15.9 Å². The predicted octanol–water partition coefficient (Wildman–Crippen LogP) is 3.91. The van der Waals surface area contributed by atoms with Crippen molar-refractivity contribution in [3.8, 4) is 0 Å². The van der Waals surface area contributed by atoms with E-state index < -0.39 is 0 Å². The summed E-state index contributed by atoms with van der Waals surface area (Å²) in [4.78, 5) is 0. The molecule has 1 aliphatic rings. The fraction of sp³-hybridized carbons (Fsp3) is 0.800. The minimum Gasteiger partial charge on any atom is -0.0883 e. The summed E-state index contributed by atoms with van der Waals surface area (Å²) in [5.74, 6) is 0.884. The first-order valence-electron chi connectivity index (χ1n) is 4.66. The van der Waals surface area contributed by atoms with Gasteiger partial charge in [-0.15, -0.1) is 0 Å². The van der Waals surface area contributed by atoms with Crippen LogP contribution in [0.25, 0.3) is 0 Å². The quantitative estimate of drug-likeness (QED) is 0.373. The molecule has 1 rings (SSSR count). The monoisotopic (exact) mass is 216 g/mol. The Labute approximate surface area is 78.2 Å². The van der Waals surface area contributed by atoms with E-state index in [0.717, 1.165) is 11.2 Å². The van der Waals surface area contributed by atoms with E-state index in [1.807, 2.05) is 0 Å². The summed E-state index contributed by atoms with van der Waals surface area (Å²) in [5.41, 5.74) is 0. The number of hydrogen-bond acceptors (Lipinski definition) is 0. The first-order valence-corrected chi connectivity index (χ1v) is 5.78. The number of rotatable bonds is 2. The van der Waals surface area contributed by atoms with Crippen molar-refractivity contribution in [3.63, 3.8) is 0 Å². The van der Waals surface area contributed by atoms with E-state index in [1.54, 1.807) is 0 Å². The van der Waals surface area contributed by atoms with Crippen LogP contribution in [-0.2, 0) is 0 Å². The molecule has 0 heterocycles. The maximum Gasteiger partial charge on any atom is 0.0212 e. The molecule has 1 fully saturated rings. The normalized spacial score (nSPS) is 22.3. The Morgan fingerprint density at radius 2 is 1.73 bits per heavy atom. The van der Waals surface area contributed by atoms with Crippen LogP contribution in [0.15, 0.2) is 12.2 Å². The van der Waals surface area contributed by atoms with Crippen molar-refractivity contribution in [2.75, 3.05) is 5.33 Å². The average molecular weight is 217 g/mol. The highest BCUT2D eigenvalue weighted by molar-refractivity contribution is 9.09. The van der Waals surface area contributed by atoms with Gasteiger partial charge in [-0.1, -0.05) is 53.8 Å². The van der Waals surface area contributed by atoms with Gasteiger partial charge < -0.3 is 0 Å². The van der Waals surface area contributed by atoms with Gasteiger partial charge in [0.15, 0.2) is 0 Å². The van der Waals surface area contributed by atoms with E-state index in [-0.39, 0.29) is 0 Å². The summed E-state index contributed by atoms with van der Waals surface area (Å²) in [7, 11) is 0. The first-order chi connectivity index (χ1) is 5.43. The van der Waals surface area contributed by atoms with Crippen molar-refractivity contribution in [3.05, 3.63) is 12.2 Å². The molecule has 1 heteroatoms. The summed E-state index contributed by atoms with van der Waals surface area (Å²) in [6.45, 7) is 0. The van der Waals surface area contributed by atoms with Crippen LogP contribution in [0.3, 0.4) is 0 Å². The lowest BCUT2D eigenvalue weighted by Gasteiger charge is -2.06. The predicted molar refractivity (Wildman–Crippen MR) is 54.1 cm³/mol. The Hall–Kier alpha value is 0.220. The van der Waals surface area contributed by atoms with Gasteiger partial charge in [0.05, 0.1) is 0 Å². The van der Waals surface area contributed by atoms with Gasteiger partial charge in [0.25, 0.3) is 0 Å². The first kappa shape index (κ1) is 9.31. The molecule has 0 radical (unpaired) electrons. The molecular weight excluding hydrogens is 200 g/mol. The Bertz CT molecular complexity index is 110. The van der Waals surface area contributed by atoms with Crippen LogP contribution in [0.1, 0.15) is 38.5 Å². The third kappa shape index (κ3) is 3.95. The largest absolute Gasteiger partial charge is 0.0883 e. The molecule has 0 aromatic heterocycles. The summed E-state index contributed by atoms with van der Waals surface area (Å²) >= 11 is 3.41. The van der Waals surface area contributed by atoms with Crippen molar-refractivity contribution in [1.29, 1.82) is 0 Å². The standard InChI is InChI=1S/C10H17Br/c11-9-5-8-10-6-3-1-2-4-7-10/h5,8,10H,1-4,6-7,9H2/b8-5+. The van der Waals surface area contributed by atoms with E-state index in [0.29, 0.717) is 0 Å². The van der Waals surface area contributed by atoms with Crippen LogP contribution in [0.5, 0.6) is 0 Å². The Balaban J connectivity index is 2.25. The molecule has 0 N–H and O–H groups in total. The molecule has 0 aliphatic heterocycles. The highest BCUT2D eigenvalue weighted by Gasteiger charge is 2.07. The molecule has 0 saturated heterocycles. The second-order valence-corrected chi connectivity index (χ2v) is 3.98. The van der Waals surface area contributed by atoms with Crippen molar-refractivity contribution in [2.24, 2.45) is 5.92 Å². The molecule has 0 atom stereocenters. The minimum atomic E-state index is 0.884. The second kappa shape index (κ2) is 5.82. The smallest absolute Gasteiger partial charge is 0.0212 e. The van der Waals surface area contributed by atoms with Crippen LogP contribution in [0.2, 0.25) is 0 Å². The van der Waals surface area contributed by atoms with Gasteiger partial charge in [0.1, 0.15) is 0 Å². The van der Waals surface area contributed by atoms with Crippen LogP contribution < -0.4 is 0 Å². The van der Waals surface area contributed by atoms with Crippen molar-refractivity contribution < 1.29 is 0 Å². The summed E-state index contributed by atoms with van der Waals surface area (Å²) < 4.78 is 0. The fourth-order valence-corrected chi connectivity index (χ4v) is 1.96. The molecule has 64 valence electrons. The Morgan fingerprint density at radius 1 is 1.09 bits per heavy atom. The third-order valence-electron chi connectivity index (χ3n) is 2.40. The van der Waals surface area contributed by atoms with Crippen LogP contribution in [0.4, 0.5) is 0 Å². The van der Waals surface area contributed by atoms with Gasteiger partial charge >= 0.3 is 0 Å². The van der Waals surface area contributed by atoms with Crippen LogP contribution >= 0.6 is 15.9 Å². The van der Waals surface area contributed by atoms with Crippen LogP contribution in [-0.4, -0.2) is 5.33 Å². The summed E-state index contributed by atoms with van der Waals surface area (Å²) in [6, 6.07) is 0. The van der Waals surface area contributed by atoms with Gasteiger partial charge in [0, 0.05) is 5.33 Å². The summed E-state index contributed by atoms with van der Waals surface area (Å²) in [5, 5.41) is 1.02. The van der Waals surface area contributed by atoms with E-state index in [2.05, 4.69) is 28.1 Å². The zero-order chi connectivity index (χ0) is 7.94. The van der Waals surface area contributed by atoms with Gasteiger partial charge in [0.2, 0.25) is 0 Å². The lowest BCUT2D eigenvalue weighted by Crippen LogP contribution is -1.92. The molecular formula is C10H17Br. The fourth-order valence-electron chi connectivity index (χ4n) is 1.75. The SMILES string of the molecule is BrC/C=C/C1CCCCCC1. The molecule has 1 saturated carbocycles. The Morgan fingerprint density at radius 3 is 2.27 bits per heavy atom. The lowest BCUT2D eigenvalue weighted by molar-refractivity contribution is 0.559. The lowest BCUT2D eigenvalue weighted by atomic mass is 10.0. The molecule has 11 heavy (non-hydrogen) atoms. The minimum absolute atomic E-state index is 0.884. The van der Waals surface area contributed by atoms with E-state index in [9.17, 15) is 0 Å². The van der Waals surface area contributed by atoms with Gasteiger partial charge in [-0.25, -0.2) is 0 Å². The molecule has 0 aromatic carbocycles. The molecule has 0 bridgehead atoms. The van der Waals surface area contributed by atoms with Crippen LogP contribution in [0, 0.1) is 5.92 Å². The third-order valence-corrected chi connectivity index (χ3v) is 2.77. The Kier molecular flexibility index (Phi) is 4.92. The van der Waals surface area contributed by atoms with Crippen molar-refractivity contribution in [2.45, 2.75) is 38.5 Å². The second-order valence-electron chi connectivity index (χ2n) is 3.33. The van der Waals surface area contributed by atoms with Crippen molar-refractivity contribution in [1.82, 2.24) is 0 Å². The van der Waals surface area contributed by atoms with Gasteiger partial charge in [-0.2, -0.15) is 0 Å². The van der Waals surface area contributed by atoms with E-state index in [1.165, 1.54) is 38.5 Å². The molecule has 1 aliphatic carbocycles. The van der Waals surface area contributed by atoms with E-state index in [4.69, 9.17) is 0 Å². The van der Waals surface area contributed by atoms with E-state index >= 15 is 0 Å². The average Bonchev–Trinajstić information content (AvgIpc) is 2.28. The van der Waals surface area contributed by atoms with Gasteiger partial charge in [-0.3, -0.25) is 0 Å². The zero-order valence-corrected chi connectivity index (χ0v) is 8.65. The topological polar surface area (TPSA) is 0 Å². The molecule has 0 amide bonds. The molecule has 0 aromatic rings. The summed E-state index contributed by atoms with van der Waals surface area (Å²) in [6.07, 6.45) is 13.3. The molecule has 0 unspecified atom stereocenters. The van der Waals surface area contributed by atoms with Gasteiger partial charge in [-0.05, 0) is 18.8 Å². The number of alkyl halides is 1. The number of allylic oxidation sites excluding steroid dienone is 2. The number of hydrogen-bond donors (Lipinski definition) is 0. The molecule has 0 nitrogen and oxygen atoms in total. The highest BCUT2D eigenvalue weighted by Crippen LogP contribution is 2.23. The highest BCUT2D eigenvalue weighted by atomic mass is 79.9. The molecule has 0 spiro atoms. The maximum absolute atomic E-state index is 3.41. The maximum atomic E-state index is 3.41.